The molecule has 2 aromatic rings. The van der Waals surface area contributed by atoms with Crippen molar-refractivity contribution in [1.82, 2.24) is 0 Å². The van der Waals surface area contributed by atoms with E-state index >= 15 is 0 Å². The molecule has 6 nitrogen and oxygen atoms in total. The van der Waals surface area contributed by atoms with Crippen LogP contribution in [0, 0.1) is 33.6 Å². The van der Waals surface area contributed by atoms with Crippen molar-refractivity contribution in [3.63, 3.8) is 0 Å². The van der Waals surface area contributed by atoms with E-state index in [2.05, 4.69) is 5.32 Å². The second-order valence-corrected chi connectivity index (χ2v) is 7.65. The van der Waals surface area contributed by atoms with Crippen LogP contribution in [0.2, 0.25) is 0 Å². The fraction of sp³-hybridized carbons (Fsp3) is 0.348. The first kappa shape index (κ1) is 20.6. The molecular weight excluding hydrogens is 368 g/mol. The summed E-state index contributed by atoms with van der Waals surface area (Å²) in [6.45, 7) is 7.74. The Bertz CT molecular complexity index is 967. The summed E-state index contributed by atoms with van der Waals surface area (Å²) in [5.41, 5.74) is 5.70. The van der Waals surface area contributed by atoms with Crippen LogP contribution in [-0.4, -0.2) is 30.9 Å². The van der Waals surface area contributed by atoms with Crippen LogP contribution in [0.3, 0.4) is 0 Å². The molecule has 6 heteroatoms. The highest BCUT2D eigenvalue weighted by Gasteiger charge is 2.36. The summed E-state index contributed by atoms with van der Waals surface area (Å²) in [6, 6.07) is 11.5. The largest absolute Gasteiger partial charge is 0.455 e. The van der Waals surface area contributed by atoms with E-state index in [4.69, 9.17) is 4.74 Å². The van der Waals surface area contributed by atoms with Gasteiger partial charge in [0.25, 0.3) is 5.91 Å². The monoisotopic (exact) mass is 394 g/mol. The Hall–Kier alpha value is -3.15. The summed E-state index contributed by atoms with van der Waals surface area (Å²) >= 11 is 0. The highest BCUT2D eigenvalue weighted by Crippen LogP contribution is 2.29. The number of hydrogen-bond acceptors (Lipinski definition) is 4. The summed E-state index contributed by atoms with van der Waals surface area (Å²) in [5, 5.41) is 2.72. The van der Waals surface area contributed by atoms with Gasteiger partial charge in [-0.3, -0.25) is 14.4 Å². The average Bonchev–Trinajstić information content (AvgIpc) is 3.06. The van der Waals surface area contributed by atoms with Crippen molar-refractivity contribution in [2.45, 2.75) is 34.1 Å². The minimum Gasteiger partial charge on any atom is -0.455 e. The Morgan fingerprint density at radius 1 is 1.03 bits per heavy atom. The summed E-state index contributed by atoms with van der Waals surface area (Å²) in [6.07, 6.45) is 0.0883. The molecule has 0 unspecified atom stereocenters. The molecule has 1 aliphatic rings. The van der Waals surface area contributed by atoms with Gasteiger partial charge in [-0.25, -0.2) is 0 Å². The zero-order valence-electron chi connectivity index (χ0n) is 17.2. The molecule has 0 bridgehead atoms. The Morgan fingerprint density at radius 3 is 2.48 bits per heavy atom. The minimum atomic E-state index is -0.572. The second kappa shape index (κ2) is 8.47. The number of rotatable bonds is 5. The first-order valence-corrected chi connectivity index (χ1v) is 9.66. The van der Waals surface area contributed by atoms with Crippen LogP contribution in [0.15, 0.2) is 36.4 Å². The smallest absolute Gasteiger partial charge is 0.311 e. The third-order valence-corrected chi connectivity index (χ3v) is 5.25. The van der Waals surface area contributed by atoms with Crippen LogP contribution in [0.25, 0.3) is 0 Å². The molecule has 2 amide bonds. The van der Waals surface area contributed by atoms with E-state index < -0.39 is 17.8 Å². The van der Waals surface area contributed by atoms with Crippen molar-refractivity contribution in [2.75, 3.05) is 23.4 Å². The van der Waals surface area contributed by atoms with E-state index in [1.54, 1.807) is 11.0 Å². The Labute approximate surface area is 170 Å². The standard InChI is InChI=1S/C23H26N2O4/c1-14-5-6-16(3)20(9-14)25-12-18(11-22(25)27)23(28)29-13-21(26)24-19-8-7-15(2)17(4)10-19/h5-10,18H,11-13H2,1-4H3,(H,24,26)/t18-/m0/s1. The molecule has 1 saturated heterocycles. The number of ether oxygens (including phenoxy) is 1. The Balaban J connectivity index is 1.56. The second-order valence-electron chi connectivity index (χ2n) is 7.65. The van der Waals surface area contributed by atoms with Gasteiger partial charge in [0.05, 0.1) is 5.92 Å². The third kappa shape index (κ3) is 4.83. The number of benzene rings is 2. The molecule has 1 aliphatic heterocycles. The van der Waals surface area contributed by atoms with E-state index in [1.165, 1.54) is 0 Å². The van der Waals surface area contributed by atoms with E-state index in [1.807, 2.05) is 58.0 Å². The molecule has 0 saturated carbocycles. The maximum absolute atomic E-state index is 12.4. The van der Waals surface area contributed by atoms with E-state index in [0.717, 1.165) is 27.9 Å². The molecule has 1 fully saturated rings. The van der Waals surface area contributed by atoms with Gasteiger partial charge < -0.3 is 15.0 Å². The number of nitrogens with zero attached hydrogens (tertiary/aromatic N) is 1. The maximum Gasteiger partial charge on any atom is 0.311 e. The van der Waals surface area contributed by atoms with Gasteiger partial charge in [-0.1, -0.05) is 18.2 Å². The van der Waals surface area contributed by atoms with E-state index in [0.29, 0.717) is 5.69 Å². The van der Waals surface area contributed by atoms with Crippen molar-refractivity contribution in [2.24, 2.45) is 5.92 Å². The highest BCUT2D eigenvalue weighted by atomic mass is 16.5. The molecular formula is C23H26N2O4. The lowest BCUT2D eigenvalue weighted by atomic mass is 10.1. The normalized spacial score (nSPS) is 16.1. The van der Waals surface area contributed by atoms with Crippen LogP contribution in [0.1, 0.15) is 28.7 Å². The van der Waals surface area contributed by atoms with Crippen molar-refractivity contribution in [3.05, 3.63) is 58.7 Å². The predicted molar refractivity (Wildman–Crippen MR) is 112 cm³/mol. The lowest BCUT2D eigenvalue weighted by molar-refractivity contribution is -0.151. The summed E-state index contributed by atoms with van der Waals surface area (Å²) in [4.78, 5) is 38.5. The first-order chi connectivity index (χ1) is 13.7. The Kier molecular flexibility index (Phi) is 6.01. The van der Waals surface area contributed by atoms with E-state index in [-0.39, 0.29) is 25.5 Å². The van der Waals surface area contributed by atoms with Gasteiger partial charge in [-0.2, -0.15) is 0 Å². The number of hydrogen-bond donors (Lipinski definition) is 1. The van der Waals surface area contributed by atoms with Gasteiger partial charge in [-0.05, 0) is 68.1 Å². The lowest BCUT2D eigenvalue weighted by Gasteiger charge is -2.19. The number of anilines is 2. The van der Waals surface area contributed by atoms with Crippen molar-refractivity contribution in [3.8, 4) is 0 Å². The molecule has 0 spiro atoms. The topological polar surface area (TPSA) is 75.7 Å². The molecule has 0 radical (unpaired) electrons. The van der Waals surface area contributed by atoms with Crippen molar-refractivity contribution in [1.29, 1.82) is 0 Å². The molecule has 152 valence electrons. The van der Waals surface area contributed by atoms with Crippen molar-refractivity contribution >= 4 is 29.2 Å². The lowest BCUT2D eigenvalue weighted by Crippen LogP contribution is -2.28. The average molecular weight is 394 g/mol. The number of esters is 1. The van der Waals surface area contributed by atoms with Gasteiger partial charge >= 0.3 is 5.97 Å². The molecule has 3 rings (SSSR count). The quantitative estimate of drug-likeness (QED) is 0.788. The first-order valence-electron chi connectivity index (χ1n) is 9.66. The van der Waals surface area contributed by atoms with Crippen LogP contribution < -0.4 is 10.2 Å². The minimum absolute atomic E-state index is 0.0883. The predicted octanol–water partition coefficient (Wildman–Crippen LogP) is 3.46. The maximum atomic E-state index is 12.4. The van der Waals surface area contributed by atoms with Gasteiger partial charge in [0.15, 0.2) is 6.61 Å². The highest BCUT2D eigenvalue weighted by molar-refractivity contribution is 6.00. The summed E-state index contributed by atoms with van der Waals surface area (Å²) < 4.78 is 5.17. The van der Waals surface area contributed by atoms with Gasteiger partial charge in [0, 0.05) is 24.3 Å². The fourth-order valence-electron chi connectivity index (χ4n) is 3.38. The number of carbonyl (C=O) groups is 3. The summed E-state index contributed by atoms with van der Waals surface area (Å²) in [7, 11) is 0. The number of aryl methyl sites for hydroxylation is 4. The fourth-order valence-corrected chi connectivity index (χ4v) is 3.38. The summed E-state index contributed by atoms with van der Waals surface area (Å²) in [5.74, 6) is -1.62. The zero-order chi connectivity index (χ0) is 21.1. The number of nitrogens with one attached hydrogen (secondary N) is 1. The van der Waals surface area contributed by atoms with Gasteiger partial charge in [-0.15, -0.1) is 0 Å². The molecule has 2 aromatic carbocycles. The molecule has 29 heavy (non-hydrogen) atoms. The Morgan fingerprint density at radius 2 is 1.76 bits per heavy atom. The van der Waals surface area contributed by atoms with Crippen molar-refractivity contribution < 1.29 is 19.1 Å². The van der Waals surface area contributed by atoms with Crippen LogP contribution in [0.5, 0.6) is 0 Å². The number of amides is 2. The SMILES string of the molecule is Cc1ccc(C)c(N2C[C@@H](C(=O)OCC(=O)Nc3ccc(C)c(C)c3)CC2=O)c1. The number of carbonyl (C=O) groups excluding carboxylic acids is 3. The van der Waals surface area contributed by atoms with Crippen LogP contribution in [-0.2, 0) is 19.1 Å². The van der Waals surface area contributed by atoms with Crippen LogP contribution in [0.4, 0.5) is 11.4 Å². The van der Waals surface area contributed by atoms with Crippen LogP contribution >= 0.6 is 0 Å². The van der Waals surface area contributed by atoms with Gasteiger partial charge in [0.1, 0.15) is 0 Å². The van der Waals surface area contributed by atoms with Gasteiger partial charge in [0.2, 0.25) is 5.91 Å². The molecule has 0 aromatic heterocycles. The molecule has 0 aliphatic carbocycles. The third-order valence-electron chi connectivity index (χ3n) is 5.25. The molecule has 1 heterocycles. The van der Waals surface area contributed by atoms with E-state index in [9.17, 15) is 14.4 Å². The zero-order valence-corrected chi connectivity index (χ0v) is 17.2. The molecule has 1 atom stereocenters. The molecule has 1 N–H and O–H groups in total.